The first-order valence-corrected chi connectivity index (χ1v) is 4.81. The summed E-state index contributed by atoms with van der Waals surface area (Å²) in [7, 11) is 1.71. The molecule has 1 aromatic carbocycles. The lowest BCUT2D eigenvalue weighted by atomic mass is 10.0. The van der Waals surface area contributed by atoms with Crippen LogP contribution < -0.4 is 5.73 Å². The summed E-state index contributed by atoms with van der Waals surface area (Å²) in [6.45, 7) is 1.71. The Labute approximate surface area is 92.8 Å². The number of rotatable bonds is 1. The zero-order valence-electron chi connectivity index (χ0n) is 9.10. The van der Waals surface area contributed by atoms with Crippen molar-refractivity contribution in [1.29, 1.82) is 0 Å². The van der Waals surface area contributed by atoms with E-state index in [1.54, 1.807) is 20.2 Å². The number of nitrogen functional groups attached to an aromatic ring is 1. The Morgan fingerprint density at radius 1 is 1.19 bits per heavy atom. The van der Waals surface area contributed by atoms with E-state index in [1.165, 1.54) is 16.8 Å². The predicted octanol–water partition coefficient (Wildman–Crippen LogP) is 1.39. The summed E-state index contributed by atoms with van der Waals surface area (Å²) in [6.07, 6.45) is 1.55. The molecule has 0 aliphatic carbocycles. The second-order valence-electron chi connectivity index (χ2n) is 3.72. The molecule has 0 spiro atoms. The van der Waals surface area contributed by atoms with Crippen molar-refractivity contribution in [3.63, 3.8) is 0 Å². The highest BCUT2D eigenvalue weighted by Gasteiger charge is 2.13. The molecule has 0 unspecified atom stereocenters. The Bertz CT molecular complexity index is 546. The predicted molar refractivity (Wildman–Crippen MR) is 61.1 cm³/mol. The van der Waals surface area contributed by atoms with Crippen LogP contribution in [0.25, 0.3) is 11.1 Å². The number of aryl methyl sites for hydroxylation is 2. The van der Waals surface area contributed by atoms with Gasteiger partial charge in [-0.2, -0.15) is 5.10 Å². The van der Waals surface area contributed by atoms with Crippen LogP contribution in [0.1, 0.15) is 5.56 Å². The average Bonchev–Trinajstić information content (AvgIpc) is 2.54. The molecule has 5 nitrogen and oxygen atoms in total. The Morgan fingerprint density at radius 3 is 2.44 bits per heavy atom. The van der Waals surface area contributed by atoms with Crippen LogP contribution in [0.5, 0.6) is 11.5 Å². The number of aromatic hydroxyl groups is 2. The molecule has 16 heavy (non-hydrogen) atoms. The SMILES string of the molecule is Cc1cc(O)c(-c2cnn(C)c2N)cc1O. The lowest BCUT2D eigenvalue weighted by molar-refractivity contribution is 0.458. The van der Waals surface area contributed by atoms with Gasteiger partial charge in [-0.15, -0.1) is 0 Å². The summed E-state index contributed by atoms with van der Waals surface area (Å²) in [5, 5.41) is 23.4. The van der Waals surface area contributed by atoms with Crippen molar-refractivity contribution in [3.8, 4) is 22.6 Å². The summed E-state index contributed by atoms with van der Waals surface area (Å²) in [5.74, 6) is 0.643. The van der Waals surface area contributed by atoms with Gasteiger partial charge in [0.25, 0.3) is 0 Å². The number of phenols is 2. The van der Waals surface area contributed by atoms with Gasteiger partial charge in [0.1, 0.15) is 17.3 Å². The molecule has 0 saturated heterocycles. The van der Waals surface area contributed by atoms with Crippen LogP contribution in [-0.4, -0.2) is 20.0 Å². The van der Waals surface area contributed by atoms with Crippen molar-refractivity contribution >= 4 is 5.82 Å². The highest BCUT2D eigenvalue weighted by molar-refractivity contribution is 5.79. The molecule has 0 amide bonds. The van der Waals surface area contributed by atoms with E-state index in [0.29, 0.717) is 22.5 Å². The smallest absolute Gasteiger partial charge is 0.129 e. The van der Waals surface area contributed by atoms with Crippen LogP contribution in [0.3, 0.4) is 0 Å². The number of hydrogen-bond donors (Lipinski definition) is 3. The molecule has 5 heteroatoms. The van der Waals surface area contributed by atoms with E-state index in [0.717, 1.165) is 0 Å². The van der Waals surface area contributed by atoms with Gasteiger partial charge in [0.15, 0.2) is 0 Å². The molecule has 0 aliphatic rings. The lowest BCUT2D eigenvalue weighted by Crippen LogP contribution is -1.98. The van der Waals surface area contributed by atoms with E-state index in [4.69, 9.17) is 5.73 Å². The first-order chi connectivity index (χ1) is 7.50. The van der Waals surface area contributed by atoms with Gasteiger partial charge in [0.05, 0.1) is 6.20 Å². The Morgan fingerprint density at radius 2 is 1.88 bits per heavy atom. The summed E-state index contributed by atoms with van der Waals surface area (Å²) >= 11 is 0. The fourth-order valence-corrected chi connectivity index (χ4v) is 1.55. The van der Waals surface area contributed by atoms with Gasteiger partial charge in [0.2, 0.25) is 0 Å². The van der Waals surface area contributed by atoms with Gasteiger partial charge in [-0.25, -0.2) is 0 Å². The fourth-order valence-electron chi connectivity index (χ4n) is 1.55. The van der Waals surface area contributed by atoms with E-state index < -0.39 is 0 Å². The second kappa shape index (κ2) is 3.44. The Balaban J connectivity index is 2.65. The normalized spacial score (nSPS) is 10.6. The highest BCUT2D eigenvalue weighted by atomic mass is 16.3. The van der Waals surface area contributed by atoms with Crippen molar-refractivity contribution in [1.82, 2.24) is 9.78 Å². The molecular formula is C11H13N3O2. The van der Waals surface area contributed by atoms with Gasteiger partial charge in [0, 0.05) is 18.2 Å². The van der Waals surface area contributed by atoms with Crippen molar-refractivity contribution in [2.75, 3.05) is 5.73 Å². The van der Waals surface area contributed by atoms with Crippen molar-refractivity contribution in [2.24, 2.45) is 7.05 Å². The molecule has 84 valence electrons. The van der Waals surface area contributed by atoms with Gasteiger partial charge >= 0.3 is 0 Å². The molecule has 2 aromatic rings. The largest absolute Gasteiger partial charge is 0.508 e. The first kappa shape index (κ1) is 10.4. The molecule has 1 heterocycles. The summed E-state index contributed by atoms with van der Waals surface area (Å²) in [5.41, 5.74) is 7.50. The number of aromatic nitrogens is 2. The molecule has 0 bridgehead atoms. The van der Waals surface area contributed by atoms with E-state index in [-0.39, 0.29) is 11.5 Å². The molecule has 0 fully saturated rings. The molecule has 4 N–H and O–H groups in total. The maximum absolute atomic E-state index is 9.80. The summed E-state index contributed by atoms with van der Waals surface area (Å²) < 4.78 is 1.51. The standard InChI is InChI=1S/C11H13N3O2/c1-6-3-10(16)7(4-9(6)15)8-5-13-14(2)11(8)12/h3-5,15-16H,12H2,1-2H3. The summed E-state index contributed by atoms with van der Waals surface area (Å²) in [6, 6.07) is 2.98. The van der Waals surface area contributed by atoms with Crippen molar-refractivity contribution in [3.05, 3.63) is 23.9 Å². The van der Waals surface area contributed by atoms with Gasteiger partial charge in [-0.3, -0.25) is 4.68 Å². The first-order valence-electron chi connectivity index (χ1n) is 4.81. The fraction of sp³-hybridized carbons (Fsp3) is 0.182. The zero-order chi connectivity index (χ0) is 11.9. The van der Waals surface area contributed by atoms with E-state index in [9.17, 15) is 10.2 Å². The molecule has 0 saturated carbocycles. The minimum atomic E-state index is 0.0787. The minimum Gasteiger partial charge on any atom is -0.508 e. The monoisotopic (exact) mass is 219 g/mol. The third-order valence-electron chi connectivity index (χ3n) is 2.59. The van der Waals surface area contributed by atoms with Crippen LogP contribution >= 0.6 is 0 Å². The number of nitrogens with two attached hydrogens (primary N) is 1. The van der Waals surface area contributed by atoms with Crippen molar-refractivity contribution < 1.29 is 10.2 Å². The number of benzene rings is 1. The van der Waals surface area contributed by atoms with Gasteiger partial charge < -0.3 is 15.9 Å². The Hall–Kier alpha value is -2.17. The average molecular weight is 219 g/mol. The van der Waals surface area contributed by atoms with Crippen molar-refractivity contribution in [2.45, 2.75) is 6.92 Å². The zero-order valence-corrected chi connectivity index (χ0v) is 9.10. The van der Waals surface area contributed by atoms with Gasteiger partial charge in [-0.05, 0) is 24.6 Å². The van der Waals surface area contributed by atoms with E-state index >= 15 is 0 Å². The minimum absolute atomic E-state index is 0.0787. The van der Waals surface area contributed by atoms with Crippen LogP contribution in [-0.2, 0) is 7.05 Å². The molecule has 0 radical (unpaired) electrons. The third kappa shape index (κ3) is 1.46. The highest BCUT2D eigenvalue weighted by Crippen LogP contribution is 2.36. The lowest BCUT2D eigenvalue weighted by Gasteiger charge is -2.07. The quantitative estimate of drug-likeness (QED) is 0.633. The number of nitrogens with zero attached hydrogens (tertiary/aromatic N) is 2. The third-order valence-corrected chi connectivity index (χ3v) is 2.59. The number of anilines is 1. The second-order valence-corrected chi connectivity index (χ2v) is 3.72. The van der Waals surface area contributed by atoms with Gasteiger partial charge in [-0.1, -0.05) is 0 Å². The molecular weight excluding hydrogens is 206 g/mol. The molecule has 0 atom stereocenters. The topological polar surface area (TPSA) is 84.3 Å². The van der Waals surface area contributed by atoms with Crippen LogP contribution in [0, 0.1) is 6.92 Å². The number of hydrogen-bond acceptors (Lipinski definition) is 4. The van der Waals surface area contributed by atoms with Crippen LogP contribution in [0.15, 0.2) is 18.3 Å². The molecule has 2 rings (SSSR count). The Kier molecular flexibility index (Phi) is 2.23. The van der Waals surface area contributed by atoms with E-state index in [2.05, 4.69) is 5.10 Å². The number of phenolic OH excluding ortho intramolecular Hbond substituents is 2. The van der Waals surface area contributed by atoms with Crippen LogP contribution in [0.2, 0.25) is 0 Å². The van der Waals surface area contributed by atoms with E-state index in [1.807, 2.05) is 0 Å². The van der Waals surface area contributed by atoms with Crippen LogP contribution in [0.4, 0.5) is 5.82 Å². The molecule has 0 aliphatic heterocycles. The maximum Gasteiger partial charge on any atom is 0.129 e. The molecule has 1 aromatic heterocycles. The summed E-state index contributed by atoms with van der Waals surface area (Å²) in [4.78, 5) is 0. The maximum atomic E-state index is 9.80.